The number of hydrogen-bond donors (Lipinski definition) is 3. The molecule has 3 N–H and O–H groups in total. The molecular weight excluding hydrogens is 482 g/mol. The van der Waals surface area contributed by atoms with E-state index in [1.54, 1.807) is 45.0 Å². The lowest BCUT2D eigenvalue weighted by atomic mass is 9.97. The average molecular weight is 530 g/mol. The number of nitrogens with zero attached hydrogens (tertiary/aromatic N) is 1. The molecular formula is C30H47N3O5. The molecule has 2 atom stereocenters. The molecule has 0 aromatic heterocycles. The molecule has 8 nitrogen and oxygen atoms in total. The zero-order valence-corrected chi connectivity index (χ0v) is 23.8. The van der Waals surface area contributed by atoms with Crippen molar-refractivity contribution < 1.29 is 24.2 Å². The van der Waals surface area contributed by atoms with E-state index in [4.69, 9.17) is 11.2 Å². The number of ether oxygens (including phenoxy) is 1. The second-order valence-corrected chi connectivity index (χ2v) is 10.5. The third-order valence-electron chi connectivity index (χ3n) is 6.01. The third-order valence-corrected chi connectivity index (χ3v) is 6.01. The number of carbonyl (C=O) groups is 3. The minimum atomic E-state index is -1.28. The summed E-state index contributed by atoms with van der Waals surface area (Å²) in [5.74, 6) is 1.70. The number of alkyl carbamates (subject to hydrolysis) is 1. The molecule has 0 aliphatic carbocycles. The van der Waals surface area contributed by atoms with Crippen molar-refractivity contribution in [2.24, 2.45) is 0 Å². The highest BCUT2D eigenvalue weighted by Gasteiger charge is 2.36. The monoisotopic (exact) mass is 529 g/mol. The second-order valence-electron chi connectivity index (χ2n) is 10.5. The van der Waals surface area contributed by atoms with Gasteiger partial charge in [0, 0.05) is 18.7 Å². The van der Waals surface area contributed by atoms with Crippen molar-refractivity contribution >= 4 is 17.9 Å². The highest BCUT2D eigenvalue weighted by atomic mass is 16.6. The fraction of sp³-hybridized carbons (Fsp3) is 0.633. The normalized spacial score (nSPS) is 12.7. The van der Waals surface area contributed by atoms with Crippen molar-refractivity contribution in [1.29, 1.82) is 0 Å². The summed E-state index contributed by atoms with van der Waals surface area (Å²) in [6, 6.07) is 4.74. The standard InChI is InChI=1S/C30H47N3O5/c1-7-10-12-13-14-17-21-33(28(36)25(22-34)32-29(37)38-30(4,5)6)26(27(35)31-20-11-8-2)24-19-16-15-18-23(24)9-3/h3,15-16,18-19,25-26,34H,7-8,10-14,17,20-22H2,1-2,4-6H3,(H,31,35)(H,32,37). The summed E-state index contributed by atoms with van der Waals surface area (Å²) in [5.41, 5.74) is 0.250. The topological polar surface area (TPSA) is 108 Å². The van der Waals surface area contributed by atoms with Gasteiger partial charge in [0.1, 0.15) is 17.7 Å². The molecule has 0 bridgehead atoms. The summed E-state index contributed by atoms with van der Waals surface area (Å²) in [7, 11) is 0. The lowest BCUT2D eigenvalue weighted by Crippen LogP contribution is -2.54. The van der Waals surface area contributed by atoms with Crippen LogP contribution in [0.4, 0.5) is 4.79 Å². The Morgan fingerprint density at radius 1 is 1.03 bits per heavy atom. The molecule has 0 saturated heterocycles. The van der Waals surface area contributed by atoms with Crippen LogP contribution in [0.1, 0.15) is 103 Å². The smallest absolute Gasteiger partial charge is 0.408 e. The molecule has 8 heteroatoms. The van der Waals surface area contributed by atoms with Crippen LogP contribution in [-0.4, -0.2) is 59.3 Å². The van der Waals surface area contributed by atoms with Crippen molar-refractivity contribution in [1.82, 2.24) is 15.5 Å². The molecule has 1 rings (SSSR count). The van der Waals surface area contributed by atoms with E-state index in [0.717, 1.165) is 44.9 Å². The number of terminal acetylenes is 1. The van der Waals surface area contributed by atoms with Crippen LogP contribution in [0.25, 0.3) is 0 Å². The summed E-state index contributed by atoms with van der Waals surface area (Å²) in [6.45, 7) is 9.39. The first-order valence-electron chi connectivity index (χ1n) is 13.8. The van der Waals surface area contributed by atoms with Gasteiger partial charge >= 0.3 is 6.09 Å². The molecule has 38 heavy (non-hydrogen) atoms. The summed E-state index contributed by atoms with van der Waals surface area (Å²) in [6.07, 6.45) is 12.6. The molecule has 0 saturated carbocycles. The minimum absolute atomic E-state index is 0.266. The van der Waals surface area contributed by atoms with Gasteiger partial charge < -0.3 is 25.4 Å². The Morgan fingerprint density at radius 2 is 1.66 bits per heavy atom. The van der Waals surface area contributed by atoms with Gasteiger partial charge in [-0.15, -0.1) is 6.42 Å². The zero-order valence-electron chi connectivity index (χ0n) is 23.8. The summed E-state index contributed by atoms with van der Waals surface area (Å²) in [4.78, 5) is 41.3. The number of benzene rings is 1. The van der Waals surface area contributed by atoms with Gasteiger partial charge in [-0.1, -0.05) is 76.5 Å². The van der Waals surface area contributed by atoms with E-state index in [9.17, 15) is 19.5 Å². The van der Waals surface area contributed by atoms with Gasteiger partial charge in [0.15, 0.2) is 0 Å². The van der Waals surface area contributed by atoms with Crippen molar-refractivity contribution in [3.8, 4) is 12.3 Å². The number of nitrogens with one attached hydrogen (secondary N) is 2. The van der Waals surface area contributed by atoms with Gasteiger partial charge in [-0.05, 0) is 45.2 Å². The molecule has 2 unspecified atom stereocenters. The first kappa shape index (κ1) is 33.0. The molecule has 0 radical (unpaired) electrons. The van der Waals surface area contributed by atoms with E-state index >= 15 is 0 Å². The van der Waals surface area contributed by atoms with E-state index in [2.05, 4.69) is 23.5 Å². The summed E-state index contributed by atoms with van der Waals surface area (Å²) < 4.78 is 5.29. The number of aliphatic hydroxyl groups excluding tert-OH is 1. The van der Waals surface area contributed by atoms with E-state index < -0.39 is 36.3 Å². The van der Waals surface area contributed by atoms with Crippen molar-refractivity contribution in [3.05, 3.63) is 35.4 Å². The van der Waals surface area contributed by atoms with Crippen LogP contribution in [0.15, 0.2) is 24.3 Å². The van der Waals surface area contributed by atoms with Gasteiger partial charge in [-0.25, -0.2) is 4.79 Å². The maximum absolute atomic E-state index is 13.9. The zero-order chi connectivity index (χ0) is 28.6. The lowest BCUT2D eigenvalue weighted by molar-refractivity contribution is -0.143. The third kappa shape index (κ3) is 11.6. The minimum Gasteiger partial charge on any atom is -0.444 e. The van der Waals surface area contributed by atoms with Gasteiger partial charge in [-0.3, -0.25) is 9.59 Å². The highest BCUT2D eigenvalue weighted by Crippen LogP contribution is 2.26. The molecule has 0 aliphatic rings. The maximum Gasteiger partial charge on any atom is 0.408 e. The number of amides is 3. The Balaban J connectivity index is 3.38. The second kappa shape index (κ2) is 17.5. The first-order valence-corrected chi connectivity index (χ1v) is 13.8. The molecule has 1 aromatic rings. The van der Waals surface area contributed by atoms with Gasteiger partial charge in [0.25, 0.3) is 0 Å². The number of rotatable bonds is 16. The van der Waals surface area contributed by atoms with Crippen molar-refractivity contribution in [2.45, 2.75) is 104 Å². The number of aliphatic hydroxyl groups is 1. The Labute approximate surface area is 228 Å². The molecule has 212 valence electrons. The van der Waals surface area contributed by atoms with Crippen LogP contribution in [0.5, 0.6) is 0 Å². The van der Waals surface area contributed by atoms with Crippen LogP contribution < -0.4 is 10.6 Å². The average Bonchev–Trinajstić information content (AvgIpc) is 2.87. The van der Waals surface area contributed by atoms with E-state index in [0.29, 0.717) is 24.1 Å². The lowest BCUT2D eigenvalue weighted by Gasteiger charge is -2.34. The number of hydrogen-bond acceptors (Lipinski definition) is 5. The van der Waals surface area contributed by atoms with Gasteiger partial charge in [0.2, 0.25) is 11.8 Å². The molecule has 0 fully saturated rings. The van der Waals surface area contributed by atoms with Crippen molar-refractivity contribution in [2.75, 3.05) is 19.7 Å². The van der Waals surface area contributed by atoms with Crippen LogP contribution in [0.3, 0.4) is 0 Å². The van der Waals surface area contributed by atoms with Gasteiger partial charge in [0.05, 0.1) is 6.61 Å². The first-order chi connectivity index (χ1) is 18.1. The van der Waals surface area contributed by atoms with E-state index in [1.165, 1.54) is 4.90 Å². The Bertz CT molecular complexity index is 919. The summed E-state index contributed by atoms with van der Waals surface area (Å²) >= 11 is 0. The van der Waals surface area contributed by atoms with Gasteiger partial charge in [-0.2, -0.15) is 0 Å². The predicted molar refractivity (Wildman–Crippen MR) is 150 cm³/mol. The molecule has 1 aromatic carbocycles. The quantitative estimate of drug-likeness (QED) is 0.213. The highest BCUT2D eigenvalue weighted by molar-refractivity contribution is 5.92. The maximum atomic E-state index is 13.9. The van der Waals surface area contributed by atoms with Crippen LogP contribution in [0.2, 0.25) is 0 Å². The molecule has 0 spiro atoms. The predicted octanol–water partition coefficient (Wildman–Crippen LogP) is 4.70. The molecule has 0 heterocycles. The molecule has 3 amide bonds. The Morgan fingerprint density at radius 3 is 2.26 bits per heavy atom. The van der Waals surface area contributed by atoms with Crippen LogP contribution in [-0.2, 0) is 14.3 Å². The van der Waals surface area contributed by atoms with Crippen LogP contribution >= 0.6 is 0 Å². The fourth-order valence-electron chi connectivity index (χ4n) is 4.07. The fourth-order valence-corrected chi connectivity index (χ4v) is 4.07. The number of carbonyl (C=O) groups excluding carboxylic acids is 3. The number of unbranched alkanes of at least 4 members (excludes halogenated alkanes) is 6. The Hall–Kier alpha value is -3.05. The van der Waals surface area contributed by atoms with E-state index in [1.807, 2.05) is 6.92 Å². The van der Waals surface area contributed by atoms with Crippen molar-refractivity contribution in [3.63, 3.8) is 0 Å². The summed E-state index contributed by atoms with van der Waals surface area (Å²) in [5, 5.41) is 15.5. The van der Waals surface area contributed by atoms with Crippen LogP contribution in [0, 0.1) is 12.3 Å². The van der Waals surface area contributed by atoms with E-state index in [-0.39, 0.29) is 12.5 Å². The largest absolute Gasteiger partial charge is 0.444 e. The molecule has 0 aliphatic heterocycles. The SMILES string of the molecule is C#Cc1ccccc1C(C(=O)NCCCC)N(CCCCCCCC)C(=O)C(CO)NC(=O)OC(C)(C)C. The Kier molecular flexibility index (Phi) is 15.2.